The Hall–Kier alpha value is -1.57. The summed E-state index contributed by atoms with van der Waals surface area (Å²) >= 11 is 0. The summed E-state index contributed by atoms with van der Waals surface area (Å²) < 4.78 is 0. The molecule has 120 valence electrons. The van der Waals surface area contributed by atoms with Gasteiger partial charge in [-0.25, -0.2) is 0 Å². The van der Waals surface area contributed by atoms with E-state index in [9.17, 15) is 9.90 Å². The van der Waals surface area contributed by atoms with Crippen molar-refractivity contribution in [2.75, 3.05) is 0 Å². The zero-order valence-corrected chi connectivity index (χ0v) is 14.4. The standard InChI is InChI=1S/C20H28O2/c1-6-7-8-15(18(21)22)14-9-10-16-17(13-14)20(4,5)12-11-19(16,2)3/h6-7,9-10,13,15H,8,11-12H2,1-5H3,(H,21,22)/b7-6+/t15-/m0/s1. The molecule has 0 fully saturated rings. The van der Waals surface area contributed by atoms with Crippen molar-refractivity contribution in [3.8, 4) is 0 Å². The Labute approximate surface area is 134 Å². The highest BCUT2D eigenvalue weighted by Gasteiger charge is 2.37. The van der Waals surface area contributed by atoms with Crippen molar-refractivity contribution in [3.63, 3.8) is 0 Å². The van der Waals surface area contributed by atoms with Gasteiger partial charge in [-0.05, 0) is 53.7 Å². The molecule has 2 heteroatoms. The van der Waals surface area contributed by atoms with Crippen LogP contribution in [-0.4, -0.2) is 11.1 Å². The number of carbonyl (C=O) groups is 1. The van der Waals surface area contributed by atoms with E-state index in [1.165, 1.54) is 17.5 Å². The maximum absolute atomic E-state index is 11.6. The van der Waals surface area contributed by atoms with Gasteiger partial charge in [-0.2, -0.15) is 0 Å². The smallest absolute Gasteiger partial charge is 0.311 e. The molecule has 0 heterocycles. The third kappa shape index (κ3) is 3.11. The van der Waals surface area contributed by atoms with E-state index in [2.05, 4.69) is 39.8 Å². The number of allylic oxidation sites excluding steroid dienone is 2. The average Bonchev–Trinajstić information content (AvgIpc) is 2.44. The Kier molecular flexibility index (Phi) is 4.51. The van der Waals surface area contributed by atoms with Crippen LogP contribution in [0.3, 0.4) is 0 Å². The Morgan fingerprint density at radius 1 is 1.18 bits per heavy atom. The Morgan fingerprint density at radius 3 is 2.32 bits per heavy atom. The third-order valence-corrected chi connectivity index (χ3v) is 5.18. The fourth-order valence-corrected chi connectivity index (χ4v) is 3.47. The van der Waals surface area contributed by atoms with Gasteiger partial charge in [-0.1, -0.05) is 58.0 Å². The minimum absolute atomic E-state index is 0.116. The van der Waals surface area contributed by atoms with E-state index in [0.717, 1.165) is 12.0 Å². The molecule has 1 aromatic carbocycles. The van der Waals surface area contributed by atoms with Crippen LogP contribution in [0.4, 0.5) is 0 Å². The second-order valence-electron chi connectivity index (χ2n) is 7.77. The van der Waals surface area contributed by atoms with Gasteiger partial charge < -0.3 is 5.11 Å². The summed E-state index contributed by atoms with van der Waals surface area (Å²) in [6, 6.07) is 6.33. The van der Waals surface area contributed by atoms with Crippen LogP contribution >= 0.6 is 0 Å². The van der Waals surface area contributed by atoms with Crippen LogP contribution in [0.25, 0.3) is 0 Å². The third-order valence-electron chi connectivity index (χ3n) is 5.18. The molecule has 0 unspecified atom stereocenters. The Bertz CT molecular complexity index is 594. The summed E-state index contributed by atoms with van der Waals surface area (Å²) in [5.74, 6) is -1.20. The maximum Gasteiger partial charge on any atom is 0.311 e. The van der Waals surface area contributed by atoms with E-state index in [1.54, 1.807) is 0 Å². The van der Waals surface area contributed by atoms with E-state index in [1.807, 2.05) is 25.1 Å². The van der Waals surface area contributed by atoms with Gasteiger partial charge in [0.25, 0.3) is 0 Å². The number of hydrogen-bond acceptors (Lipinski definition) is 1. The molecule has 22 heavy (non-hydrogen) atoms. The molecule has 2 nitrogen and oxygen atoms in total. The quantitative estimate of drug-likeness (QED) is 0.779. The molecule has 0 radical (unpaired) electrons. The fourth-order valence-electron chi connectivity index (χ4n) is 3.47. The molecule has 0 spiro atoms. The van der Waals surface area contributed by atoms with Crippen LogP contribution < -0.4 is 0 Å². The van der Waals surface area contributed by atoms with Crippen molar-refractivity contribution >= 4 is 5.97 Å². The lowest BCUT2D eigenvalue weighted by Crippen LogP contribution is -2.34. The van der Waals surface area contributed by atoms with Crippen LogP contribution in [0.2, 0.25) is 0 Å². The lowest BCUT2D eigenvalue weighted by molar-refractivity contribution is -0.138. The van der Waals surface area contributed by atoms with Crippen LogP contribution in [0, 0.1) is 0 Å². The second-order valence-corrected chi connectivity index (χ2v) is 7.77. The molecule has 1 aliphatic carbocycles. The van der Waals surface area contributed by atoms with Gasteiger partial charge in [0, 0.05) is 0 Å². The normalized spacial score (nSPS) is 20.6. The fraction of sp³-hybridized carbons (Fsp3) is 0.550. The number of benzene rings is 1. The molecule has 1 atom stereocenters. The zero-order valence-electron chi connectivity index (χ0n) is 14.4. The minimum atomic E-state index is -0.745. The number of carboxylic acid groups (broad SMARTS) is 1. The van der Waals surface area contributed by atoms with Crippen molar-refractivity contribution in [2.24, 2.45) is 0 Å². The van der Waals surface area contributed by atoms with Gasteiger partial charge in [-0.3, -0.25) is 4.79 Å². The second kappa shape index (κ2) is 5.91. The number of aliphatic carboxylic acids is 1. The van der Waals surface area contributed by atoms with Crippen molar-refractivity contribution in [3.05, 3.63) is 47.0 Å². The highest BCUT2D eigenvalue weighted by molar-refractivity contribution is 5.76. The molecule has 0 aromatic heterocycles. The molecule has 0 aliphatic heterocycles. The maximum atomic E-state index is 11.6. The van der Waals surface area contributed by atoms with E-state index in [-0.39, 0.29) is 10.8 Å². The summed E-state index contributed by atoms with van der Waals surface area (Å²) in [5.41, 5.74) is 3.92. The van der Waals surface area contributed by atoms with Crippen LogP contribution in [0.5, 0.6) is 0 Å². The molecule has 0 saturated heterocycles. The molecular weight excluding hydrogens is 272 g/mol. The van der Waals surface area contributed by atoms with Gasteiger partial charge in [0.05, 0.1) is 5.92 Å². The van der Waals surface area contributed by atoms with Crippen molar-refractivity contribution in [2.45, 2.75) is 70.6 Å². The van der Waals surface area contributed by atoms with Gasteiger partial charge in [0.1, 0.15) is 0 Å². The van der Waals surface area contributed by atoms with Crippen LogP contribution in [-0.2, 0) is 15.6 Å². The summed E-state index contributed by atoms with van der Waals surface area (Å²) in [5, 5.41) is 9.56. The highest BCUT2D eigenvalue weighted by atomic mass is 16.4. The minimum Gasteiger partial charge on any atom is -0.481 e. The monoisotopic (exact) mass is 300 g/mol. The molecule has 2 rings (SSSR count). The topological polar surface area (TPSA) is 37.3 Å². The molecule has 0 bridgehead atoms. The first-order valence-corrected chi connectivity index (χ1v) is 8.18. The van der Waals surface area contributed by atoms with E-state index >= 15 is 0 Å². The first kappa shape index (κ1) is 16.8. The van der Waals surface area contributed by atoms with Crippen molar-refractivity contribution in [1.82, 2.24) is 0 Å². The summed E-state index contributed by atoms with van der Waals surface area (Å²) in [6.07, 6.45) is 6.72. The van der Waals surface area contributed by atoms with Crippen LogP contribution in [0.15, 0.2) is 30.4 Å². The van der Waals surface area contributed by atoms with Gasteiger partial charge in [0.15, 0.2) is 0 Å². The van der Waals surface area contributed by atoms with Gasteiger partial charge in [0.2, 0.25) is 0 Å². The zero-order chi connectivity index (χ0) is 16.5. The number of hydrogen-bond donors (Lipinski definition) is 1. The molecule has 1 aromatic rings. The van der Waals surface area contributed by atoms with Crippen molar-refractivity contribution < 1.29 is 9.90 Å². The predicted octanol–water partition coefficient (Wildman–Crippen LogP) is 5.17. The first-order valence-electron chi connectivity index (χ1n) is 8.18. The molecule has 0 saturated carbocycles. The molecular formula is C20H28O2. The highest BCUT2D eigenvalue weighted by Crippen LogP contribution is 2.46. The molecule has 0 amide bonds. The summed E-state index contributed by atoms with van der Waals surface area (Å²) in [6.45, 7) is 11.0. The summed E-state index contributed by atoms with van der Waals surface area (Å²) in [4.78, 5) is 11.6. The lowest BCUT2D eigenvalue weighted by Gasteiger charge is -2.42. The number of rotatable bonds is 4. The molecule has 1 aliphatic rings. The molecule has 1 N–H and O–H groups in total. The lowest BCUT2D eigenvalue weighted by atomic mass is 9.62. The SMILES string of the molecule is C/C=C/C[C@H](C(=O)O)c1ccc2c(c1)C(C)(C)CCC2(C)C. The first-order chi connectivity index (χ1) is 10.2. The summed E-state index contributed by atoms with van der Waals surface area (Å²) in [7, 11) is 0. The average molecular weight is 300 g/mol. The number of carboxylic acids is 1. The van der Waals surface area contributed by atoms with Gasteiger partial charge >= 0.3 is 5.97 Å². The van der Waals surface area contributed by atoms with E-state index in [4.69, 9.17) is 0 Å². The number of fused-ring (bicyclic) bond motifs is 1. The van der Waals surface area contributed by atoms with Gasteiger partial charge in [-0.15, -0.1) is 0 Å². The van der Waals surface area contributed by atoms with Crippen LogP contribution in [0.1, 0.15) is 76.5 Å². The van der Waals surface area contributed by atoms with Crippen molar-refractivity contribution in [1.29, 1.82) is 0 Å². The Morgan fingerprint density at radius 2 is 1.77 bits per heavy atom. The predicted molar refractivity (Wildman–Crippen MR) is 91.5 cm³/mol. The van der Waals surface area contributed by atoms with E-state index in [0.29, 0.717) is 6.42 Å². The Balaban J connectivity index is 2.51. The van der Waals surface area contributed by atoms with E-state index < -0.39 is 11.9 Å². The largest absolute Gasteiger partial charge is 0.481 e.